The maximum Gasteiger partial charge on any atom is 0.305 e. The normalized spacial score (nSPS) is 13.3. The van der Waals surface area contributed by atoms with Crippen LogP contribution in [0.2, 0.25) is 15.1 Å². The number of nitrogens with one attached hydrogen (secondary N) is 2. The van der Waals surface area contributed by atoms with E-state index in [2.05, 4.69) is 20.6 Å². The summed E-state index contributed by atoms with van der Waals surface area (Å²) in [5.74, 6) is -0.0580. The molecule has 7 nitrogen and oxygen atoms in total. The molecule has 0 aliphatic heterocycles. The zero-order chi connectivity index (χ0) is 18.7. The number of hydrogen-bond donors (Lipinski definition) is 3. The van der Waals surface area contributed by atoms with Crippen molar-refractivity contribution in [3.05, 3.63) is 33.5 Å². The number of benzene rings is 1. The van der Waals surface area contributed by atoms with E-state index in [1.54, 1.807) is 12.1 Å². The summed E-state index contributed by atoms with van der Waals surface area (Å²) in [6.45, 7) is 0.246. The highest BCUT2D eigenvalue weighted by atomic mass is 35.5. The van der Waals surface area contributed by atoms with Crippen molar-refractivity contribution < 1.29 is 14.6 Å². The first-order valence-electron chi connectivity index (χ1n) is 7.83. The summed E-state index contributed by atoms with van der Waals surface area (Å²) in [4.78, 5) is 18.7. The quantitative estimate of drug-likeness (QED) is 0.573. The van der Waals surface area contributed by atoms with Gasteiger partial charge in [-0.1, -0.05) is 34.8 Å². The molecule has 0 radical (unpaired) electrons. The topological polar surface area (TPSA) is 96.4 Å². The molecule has 0 spiro atoms. The number of nitrogens with zero attached hydrogens (tertiary/aromatic N) is 2. The second-order valence-electron chi connectivity index (χ2n) is 5.70. The Kier molecular flexibility index (Phi) is 5.90. The number of rotatable bonds is 8. The van der Waals surface area contributed by atoms with Crippen LogP contribution in [-0.2, 0) is 4.79 Å². The van der Waals surface area contributed by atoms with E-state index in [1.807, 2.05) is 0 Å². The van der Waals surface area contributed by atoms with Gasteiger partial charge in [0.1, 0.15) is 11.3 Å². The fourth-order valence-corrected chi connectivity index (χ4v) is 2.87. The lowest BCUT2D eigenvalue weighted by atomic mass is 10.3. The lowest BCUT2D eigenvalue weighted by molar-refractivity contribution is -0.136. The van der Waals surface area contributed by atoms with Crippen molar-refractivity contribution in [1.82, 2.24) is 9.97 Å². The molecule has 2 aromatic rings. The number of aromatic nitrogens is 2. The van der Waals surface area contributed by atoms with Crippen molar-refractivity contribution in [2.75, 3.05) is 17.2 Å². The number of carbonyl (C=O) groups is 1. The monoisotopic (exact) mass is 416 g/mol. The molecule has 1 saturated carbocycles. The number of carboxylic acid groups (broad SMARTS) is 1. The smallest absolute Gasteiger partial charge is 0.305 e. The van der Waals surface area contributed by atoms with Crippen LogP contribution in [-0.4, -0.2) is 33.6 Å². The summed E-state index contributed by atoms with van der Waals surface area (Å²) in [7, 11) is 0. The molecular weight excluding hydrogens is 403 g/mol. The van der Waals surface area contributed by atoms with Crippen LogP contribution in [0.1, 0.15) is 19.3 Å². The fourth-order valence-electron chi connectivity index (χ4n) is 2.12. The van der Waals surface area contributed by atoms with Gasteiger partial charge in [0, 0.05) is 18.3 Å². The van der Waals surface area contributed by atoms with Crippen molar-refractivity contribution in [3.8, 4) is 11.6 Å². The van der Waals surface area contributed by atoms with Crippen LogP contribution in [0.5, 0.6) is 11.6 Å². The van der Waals surface area contributed by atoms with E-state index in [-0.39, 0.29) is 39.7 Å². The SMILES string of the molecule is O=C(O)CCNc1cc(Cl)c(Oc2ncnc(NC3CC3)c2Cl)c(Cl)c1. The lowest BCUT2D eigenvalue weighted by Gasteiger charge is -2.14. The van der Waals surface area contributed by atoms with Crippen LogP contribution in [0.15, 0.2) is 18.5 Å². The van der Waals surface area contributed by atoms with E-state index in [4.69, 9.17) is 44.6 Å². The minimum Gasteiger partial charge on any atom is -0.481 e. The lowest BCUT2D eigenvalue weighted by Crippen LogP contribution is -2.07. The Labute approximate surface area is 164 Å². The van der Waals surface area contributed by atoms with E-state index < -0.39 is 5.97 Å². The summed E-state index contributed by atoms with van der Waals surface area (Å²) in [6, 6.07) is 3.55. The molecule has 1 aromatic carbocycles. The van der Waals surface area contributed by atoms with E-state index >= 15 is 0 Å². The highest BCUT2D eigenvalue weighted by Crippen LogP contribution is 2.41. The van der Waals surface area contributed by atoms with Crippen LogP contribution in [0.3, 0.4) is 0 Å². The van der Waals surface area contributed by atoms with Gasteiger partial charge >= 0.3 is 5.97 Å². The van der Waals surface area contributed by atoms with Gasteiger partial charge in [0.25, 0.3) is 0 Å². The average molecular weight is 418 g/mol. The molecule has 1 aromatic heterocycles. The minimum atomic E-state index is -0.899. The first-order valence-corrected chi connectivity index (χ1v) is 8.97. The molecule has 10 heteroatoms. The van der Waals surface area contributed by atoms with Gasteiger partial charge in [-0.15, -0.1) is 0 Å². The van der Waals surface area contributed by atoms with Crippen LogP contribution in [0.25, 0.3) is 0 Å². The molecule has 0 unspecified atom stereocenters. The maximum absolute atomic E-state index is 10.6. The highest BCUT2D eigenvalue weighted by molar-refractivity contribution is 6.38. The van der Waals surface area contributed by atoms with Crippen LogP contribution in [0, 0.1) is 0 Å². The fraction of sp³-hybridized carbons (Fsp3) is 0.312. The van der Waals surface area contributed by atoms with Crippen LogP contribution >= 0.6 is 34.8 Å². The summed E-state index contributed by atoms with van der Waals surface area (Å²) in [5, 5.41) is 15.5. The predicted molar refractivity (Wildman–Crippen MR) is 101 cm³/mol. The van der Waals surface area contributed by atoms with Crippen molar-refractivity contribution in [3.63, 3.8) is 0 Å². The first-order chi connectivity index (χ1) is 12.4. The summed E-state index contributed by atoms with van der Waals surface area (Å²) >= 11 is 18.8. The number of aliphatic carboxylic acids is 1. The summed E-state index contributed by atoms with van der Waals surface area (Å²) in [5.41, 5.74) is 0.582. The van der Waals surface area contributed by atoms with Crippen molar-refractivity contribution in [2.45, 2.75) is 25.3 Å². The van der Waals surface area contributed by atoms with Gasteiger partial charge in [-0.25, -0.2) is 4.98 Å². The molecule has 3 N–H and O–H groups in total. The highest BCUT2D eigenvalue weighted by Gasteiger charge is 2.24. The Morgan fingerprint density at radius 2 is 1.92 bits per heavy atom. The largest absolute Gasteiger partial charge is 0.481 e. The number of halogens is 3. The number of carboxylic acids is 1. The third-order valence-electron chi connectivity index (χ3n) is 3.54. The van der Waals surface area contributed by atoms with Crippen molar-refractivity contribution >= 4 is 52.3 Å². The zero-order valence-electron chi connectivity index (χ0n) is 13.4. The third kappa shape index (κ3) is 4.81. The van der Waals surface area contributed by atoms with E-state index in [9.17, 15) is 4.79 Å². The molecule has 26 heavy (non-hydrogen) atoms. The number of ether oxygens (including phenoxy) is 1. The number of anilines is 2. The molecule has 138 valence electrons. The molecule has 1 fully saturated rings. The average Bonchev–Trinajstić information content (AvgIpc) is 3.38. The molecule has 0 saturated heterocycles. The van der Waals surface area contributed by atoms with Crippen LogP contribution < -0.4 is 15.4 Å². The maximum atomic E-state index is 10.6. The van der Waals surface area contributed by atoms with Crippen LogP contribution in [0.4, 0.5) is 11.5 Å². The minimum absolute atomic E-state index is 0.0270. The van der Waals surface area contributed by atoms with Gasteiger partial charge in [0.2, 0.25) is 5.88 Å². The summed E-state index contributed by atoms with van der Waals surface area (Å²) in [6.07, 6.45) is 3.46. The van der Waals surface area contributed by atoms with Crippen molar-refractivity contribution in [1.29, 1.82) is 0 Å². The second-order valence-corrected chi connectivity index (χ2v) is 6.89. The predicted octanol–water partition coefficient (Wildman–Crippen LogP) is 4.69. The Bertz CT molecular complexity index is 807. The molecule has 0 amide bonds. The van der Waals surface area contributed by atoms with Gasteiger partial charge in [-0.3, -0.25) is 4.79 Å². The molecule has 0 bridgehead atoms. The van der Waals surface area contributed by atoms with E-state index in [0.717, 1.165) is 12.8 Å². The van der Waals surface area contributed by atoms with Gasteiger partial charge in [0.05, 0.1) is 16.5 Å². The van der Waals surface area contributed by atoms with Gasteiger partial charge < -0.3 is 20.5 Å². The van der Waals surface area contributed by atoms with Gasteiger partial charge in [-0.05, 0) is 25.0 Å². The Hall–Kier alpha value is -1.96. The zero-order valence-corrected chi connectivity index (χ0v) is 15.7. The number of hydrogen-bond acceptors (Lipinski definition) is 6. The van der Waals surface area contributed by atoms with Gasteiger partial charge in [0.15, 0.2) is 11.6 Å². The molecule has 0 atom stereocenters. The van der Waals surface area contributed by atoms with Crippen molar-refractivity contribution in [2.24, 2.45) is 0 Å². The molecule has 3 rings (SSSR count). The molecular formula is C16H15Cl3N4O3. The standard InChI is InChI=1S/C16H15Cl3N4O3/c17-10-5-9(20-4-3-12(24)25)6-11(18)14(10)26-16-13(19)15(21-7-22-16)23-8-1-2-8/h5-8,20H,1-4H2,(H,24,25)(H,21,22,23). The molecule has 1 heterocycles. The molecule has 1 aliphatic rings. The second kappa shape index (κ2) is 8.16. The Balaban J connectivity index is 1.76. The Morgan fingerprint density at radius 1 is 1.23 bits per heavy atom. The summed E-state index contributed by atoms with van der Waals surface area (Å²) < 4.78 is 5.70. The van der Waals surface area contributed by atoms with Gasteiger partial charge in [-0.2, -0.15) is 4.98 Å². The third-order valence-corrected chi connectivity index (χ3v) is 4.44. The van der Waals surface area contributed by atoms with E-state index in [1.165, 1.54) is 6.33 Å². The Morgan fingerprint density at radius 3 is 2.54 bits per heavy atom. The first kappa shape index (κ1) is 18.8. The van der Waals surface area contributed by atoms with E-state index in [0.29, 0.717) is 17.5 Å². The molecule has 1 aliphatic carbocycles.